The van der Waals surface area contributed by atoms with E-state index in [9.17, 15) is 27.2 Å². The molecule has 0 aliphatic carbocycles. The number of aromatic nitrogens is 1. The first-order chi connectivity index (χ1) is 15.6. The number of nitrogens with zero attached hydrogens (tertiary/aromatic N) is 2. The molecule has 0 unspecified atom stereocenters. The molecule has 0 radical (unpaired) electrons. The van der Waals surface area contributed by atoms with Crippen LogP contribution >= 0.6 is 0 Å². The van der Waals surface area contributed by atoms with Gasteiger partial charge in [0.15, 0.2) is 0 Å². The molecular weight excluding hydrogens is 451 g/mol. The number of carbonyl (C=O) groups is 2. The predicted molar refractivity (Wildman–Crippen MR) is 121 cm³/mol. The second-order valence-electron chi connectivity index (χ2n) is 7.17. The first-order valence-corrected chi connectivity index (χ1v) is 11.1. The molecule has 1 heterocycles. The highest BCUT2D eigenvalue weighted by Gasteiger charge is 2.19. The summed E-state index contributed by atoms with van der Waals surface area (Å²) in [5, 5.41) is 5.17. The molecular formula is C22H21FN4O5S. The maximum atomic E-state index is 13.1. The molecule has 0 aliphatic rings. The van der Waals surface area contributed by atoms with Gasteiger partial charge in [0, 0.05) is 32.0 Å². The number of rotatable bonds is 7. The number of para-hydroxylation sites is 1. The highest BCUT2D eigenvalue weighted by Crippen LogP contribution is 2.18. The number of amides is 2. The molecule has 2 N–H and O–H groups in total. The summed E-state index contributed by atoms with van der Waals surface area (Å²) in [7, 11) is -1.09. The van der Waals surface area contributed by atoms with E-state index in [1.54, 1.807) is 12.1 Å². The van der Waals surface area contributed by atoms with Gasteiger partial charge in [-0.05, 0) is 42.5 Å². The van der Waals surface area contributed by atoms with Gasteiger partial charge in [0.25, 0.3) is 11.5 Å². The highest BCUT2D eigenvalue weighted by molar-refractivity contribution is 7.89. The molecule has 11 heteroatoms. The van der Waals surface area contributed by atoms with Gasteiger partial charge in [-0.1, -0.05) is 12.1 Å². The van der Waals surface area contributed by atoms with E-state index in [-0.39, 0.29) is 16.1 Å². The first-order valence-electron chi connectivity index (χ1n) is 9.67. The third-order valence-electron chi connectivity index (χ3n) is 4.60. The van der Waals surface area contributed by atoms with Gasteiger partial charge >= 0.3 is 0 Å². The fourth-order valence-corrected chi connectivity index (χ4v) is 3.78. The minimum atomic E-state index is -3.80. The Labute approximate surface area is 189 Å². The third kappa shape index (κ3) is 5.70. The molecule has 0 bridgehead atoms. The first kappa shape index (κ1) is 23.8. The Kier molecular flexibility index (Phi) is 7.04. The Morgan fingerprint density at radius 3 is 2.30 bits per heavy atom. The van der Waals surface area contributed by atoms with E-state index in [4.69, 9.17) is 0 Å². The van der Waals surface area contributed by atoms with E-state index in [1.165, 1.54) is 56.6 Å². The average Bonchev–Trinajstić information content (AvgIpc) is 2.77. The van der Waals surface area contributed by atoms with Crippen LogP contribution < -0.4 is 16.2 Å². The molecule has 0 fully saturated rings. The lowest BCUT2D eigenvalue weighted by molar-refractivity contribution is -0.116. The van der Waals surface area contributed by atoms with Crippen molar-refractivity contribution in [3.63, 3.8) is 0 Å². The Bertz CT molecular complexity index is 1350. The Hall–Kier alpha value is -3.83. The number of anilines is 2. The number of carbonyl (C=O) groups excluding carboxylic acids is 2. The number of pyridine rings is 1. The summed E-state index contributed by atoms with van der Waals surface area (Å²) in [4.78, 5) is 37.2. The minimum Gasteiger partial charge on any atom is -0.324 e. The number of nitrogens with one attached hydrogen (secondary N) is 2. The van der Waals surface area contributed by atoms with E-state index in [0.717, 1.165) is 21.1 Å². The fourth-order valence-electron chi connectivity index (χ4n) is 2.86. The van der Waals surface area contributed by atoms with Gasteiger partial charge in [-0.25, -0.2) is 17.1 Å². The second kappa shape index (κ2) is 9.76. The predicted octanol–water partition coefficient (Wildman–Crippen LogP) is 2.13. The highest BCUT2D eigenvalue weighted by atomic mass is 32.2. The molecule has 33 heavy (non-hydrogen) atoms. The van der Waals surface area contributed by atoms with E-state index in [1.807, 2.05) is 0 Å². The second-order valence-corrected chi connectivity index (χ2v) is 9.32. The number of hydrogen-bond donors (Lipinski definition) is 2. The van der Waals surface area contributed by atoms with Crippen LogP contribution in [0.5, 0.6) is 0 Å². The summed E-state index contributed by atoms with van der Waals surface area (Å²) in [6.45, 7) is -0.469. The molecule has 2 aromatic carbocycles. The number of halogens is 1. The van der Waals surface area contributed by atoms with E-state index in [2.05, 4.69) is 10.6 Å². The molecule has 0 aliphatic heterocycles. The van der Waals surface area contributed by atoms with Crippen LogP contribution in [-0.2, 0) is 21.4 Å². The van der Waals surface area contributed by atoms with Crippen LogP contribution in [0.1, 0.15) is 10.4 Å². The zero-order valence-corrected chi connectivity index (χ0v) is 18.6. The topological polar surface area (TPSA) is 118 Å². The van der Waals surface area contributed by atoms with Crippen LogP contribution in [0.3, 0.4) is 0 Å². The summed E-state index contributed by atoms with van der Waals surface area (Å²) in [5.74, 6) is -1.62. The number of hydrogen-bond acceptors (Lipinski definition) is 5. The van der Waals surface area contributed by atoms with E-state index < -0.39 is 39.8 Å². The SMILES string of the molecule is CN(C)S(=O)(=O)c1ccc(=O)n(CC(=O)Nc2ccccc2C(=O)Nc2ccc(F)cc2)c1. The molecule has 1 aromatic heterocycles. The van der Waals surface area contributed by atoms with Crippen LogP contribution in [-0.4, -0.2) is 43.2 Å². The molecule has 0 saturated heterocycles. The van der Waals surface area contributed by atoms with Crippen molar-refractivity contribution in [2.45, 2.75) is 11.4 Å². The number of sulfonamides is 1. The molecule has 0 saturated carbocycles. The largest absolute Gasteiger partial charge is 0.324 e. The summed E-state index contributed by atoms with van der Waals surface area (Å²) in [6, 6.07) is 13.6. The van der Waals surface area contributed by atoms with Crippen LogP contribution in [0.2, 0.25) is 0 Å². The third-order valence-corrected chi connectivity index (χ3v) is 6.40. The Morgan fingerprint density at radius 1 is 0.970 bits per heavy atom. The zero-order valence-electron chi connectivity index (χ0n) is 17.8. The van der Waals surface area contributed by atoms with Gasteiger partial charge in [0.05, 0.1) is 16.1 Å². The van der Waals surface area contributed by atoms with Gasteiger partial charge in [0.1, 0.15) is 12.4 Å². The Morgan fingerprint density at radius 2 is 1.64 bits per heavy atom. The number of benzene rings is 2. The van der Waals surface area contributed by atoms with Crippen molar-refractivity contribution in [3.8, 4) is 0 Å². The summed E-state index contributed by atoms with van der Waals surface area (Å²) in [5.41, 5.74) is 0.136. The van der Waals surface area contributed by atoms with Crippen molar-refractivity contribution in [2.75, 3.05) is 24.7 Å². The zero-order chi connectivity index (χ0) is 24.2. The Balaban J connectivity index is 1.79. The monoisotopic (exact) mass is 472 g/mol. The van der Waals surface area contributed by atoms with Gasteiger partial charge in [-0.15, -0.1) is 0 Å². The maximum absolute atomic E-state index is 13.1. The van der Waals surface area contributed by atoms with Crippen molar-refractivity contribution < 1.29 is 22.4 Å². The molecule has 9 nitrogen and oxygen atoms in total. The van der Waals surface area contributed by atoms with Crippen molar-refractivity contribution >= 4 is 33.2 Å². The van der Waals surface area contributed by atoms with Crippen LogP contribution in [0.15, 0.2) is 76.6 Å². The quantitative estimate of drug-likeness (QED) is 0.546. The molecule has 172 valence electrons. The summed E-state index contributed by atoms with van der Waals surface area (Å²) < 4.78 is 39.6. The van der Waals surface area contributed by atoms with Crippen LogP contribution in [0.4, 0.5) is 15.8 Å². The average molecular weight is 472 g/mol. The smallest absolute Gasteiger partial charge is 0.257 e. The van der Waals surface area contributed by atoms with Crippen LogP contribution in [0, 0.1) is 5.82 Å². The molecule has 0 spiro atoms. The van der Waals surface area contributed by atoms with Crippen molar-refractivity contribution in [1.29, 1.82) is 0 Å². The van der Waals surface area contributed by atoms with Gasteiger partial charge < -0.3 is 15.2 Å². The molecule has 3 aromatic rings. The summed E-state index contributed by atoms with van der Waals surface area (Å²) >= 11 is 0. The lowest BCUT2D eigenvalue weighted by atomic mass is 10.1. The molecule has 2 amide bonds. The van der Waals surface area contributed by atoms with Crippen LogP contribution in [0.25, 0.3) is 0 Å². The van der Waals surface area contributed by atoms with Gasteiger partial charge in [0.2, 0.25) is 15.9 Å². The van der Waals surface area contributed by atoms with Crippen molar-refractivity contribution in [2.24, 2.45) is 0 Å². The fraction of sp³-hybridized carbons (Fsp3) is 0.136. The minimum absolute atomic E-state index is 0.140. The van der Waals surface area contributed by atoms with Gasteiger partial charge in [-0.2, -0.15) is 0 Å². The molecule has 3 rings (SSSR count). The van der Waals surface area contributed by atoms with Gasteiger partial charge in [-0.3, -0.25) is 14.4 Å². The van der Waals surface area contributed by atoms with Crippen molar-refractivity contribution in [1.82, 2.24) is 8.87 Å². The summed E-state index contributed by atoms with van der Waals surface area (Å²) in [6.07, 6.45) is 1.09. The van der Waals surface area contributed by atoms with Crippen molar-refractivity contribution in [3.05, 3.63) is 88.6 Å². The maximum Gasteiger partial charge on any atom is 0.257 e. The molecule has 0 atom stereocenters. The normalized spacial score (nSPS) is 11.3. The van der Waals surface area contributed by atoms with E-state index in [0.29, 0.717) is 5.69 Å². The lowest BCUT2D eigenvalue weighted by Gasteiger charge is -2.14. The standard InChI is InChI=1S/C22H21FN4O5S/c1-26(2)33(31,32)17-11-12-21(29)27(13-17)14-20(28)25-19-6-4-3-5-18(19)22(30)24-16-9-7-15(23)8-10-16/h3-13H,14H2,1-2H3,(H,24,30)(H,25,28). The van der Waals surface area contributed by atoms with E-state index >= 15 is 0 Å². The lowest BCUT2D eigenvalue weighted by Crippen LogP contribution is -2.29.